The summed E-state index contributed by atoms with van der Waals surface area (Å²) >= 11 is 0. The molecule has 0 aliphatic rings. The zero-order valence-electron chi connectivity index (χ0n) is 9.85. The van der Waals surface area contributed by atoms with Crippen LogP contribution in [0.3, 0.4) is 0 Å². The third-order valence-corrected chi connectivity index (χ3v) is 4.89. The van der Waals surface area contributed by atoms with Gasteiger partial charge in [0.2, 0.25) is 0 Å². The zero-order valence-corrected chi connectivity index (χ0v) is 11.8. The van der Waals surface area contributed by atoms with E-state index in [-0.39, 0.29) is 5.22 Å². The highest BCUT2D eigenvalue weighted by Crippen LogP contribution is 2.22. The van der Waals surface area contributed by atoms with E-state index < -0.39 is 0 Å². The summed E-state index contributed by atoms with van der Waals surface area (Å²) in [5, 5.41) is 4.18. The van der Waals surface area contributed by atoms with Gasteiger partial charge in [-0.15, -0.1) is 0 Å². The van der Waals surface area contributed by atoms with Gasteiger partial charge in [0.15, 0.2) is 0 Å². The molecule has 1 atom stereocenters. The molecule has 0 aromatic heterocycles. The summed E-state index contributed by atoms with van der Waals surface area (Å²) in [5.74, 6) is 0.553. The molecule has 0 radical (unpaired) electrons. The largest absolute Gasteiger partial charge is 0.394 e. The molecular formula is C10H23NOSi. The van der Waals surface area contributed by atoms with Crippen LogP contribution in [0.4, 0.5) is 0 Å². The molecule has 1 unspecified atom stereocenters. The van der Waals surface area contributed by atoms with Gasteiger partial charge in [-0.3, -0.25) is 0 Å². The van der Waals surface area contributed by atoms with Gasteiger partial charge in [0, 0.05) is 0 Å². The minimum atomic E-state index is 0.0242. The Morgan fingerprint density at radius 3 is 2.31 bits per heavy atom. The van der Waals surface area contributed by atoms with E-state index in [4.69, 9.17) is 4.84 Å². The number of rotatable bonds is 5. The van der Waals surface area contributed by atoms with Gasteiger partial charge >= 0.3 is 0 Å². The van der Waals surface area contributed by atoms with E-state index in [1.165, 1.54) is 0 Å². The molecule has 0 heterocycles. The SMILES string of the molecule is CC/C(C)=N/OC([SiH3])(CC)C(C)C. The van der Waals surface area contributed by atoms with E-state index in [0.29, 0.717) is 5.92 Å². The lowest BCUT2D eigenvalue weighted by molar-refractivity contribution is -0.0135. The fourth-order valence-corrected chi connectivity index (χ4v) is 0.916. The van der Waals surface area contributed by atoms with Crippen LogP contribution in [0.25, 0.3) is 0 Å². The molecule has 2 nitrogen and oxygen atoms in total. The lowest BCUT2D eigenvalue weighted by Gasteiger charge is -2.30. The fraction of sp³-hybridized carbons (Fsp3) is 0.900. The van der Waals surface area contributed by atoms with E-state index in [2.05, 4.69) is 32.9 Å². The Hall–Kier alpha value is -0.313. The molecule has 78 valence electrons. The predicted molar refractivity (Wildman–Crippen MR) is 62.3 cm³/mol. The minimum absolute atomic E-state index is 0.0242. The Labute approximate surface area is 85.2 Å². The first-order valence-corrected chi connectivity index (χ1v) is 6.18. The molecule has 13 heavy (non-hydrogen) atoms. The van der Waals surface area contributed by atoms with Gasteiger partial charge < -0.3 is 4.84 Å². The van der Waals surface area contributed by atoms with Gasteiger partial charge in [-0.05, 0) is 25.7 Å². The third kappa shape index (κ3) is 3.94. The molecule has 0 bridgehead atoms. The maximum Gasteiger partial charge on any atom is 0.116 e. The quantitative estimate of drug-likeness (QED) is 0.378. The molecule has 0 fully saturated rings. The van der Waals surface area contributed by atoms with Crippen molar-refractivity contribution in [3.05, 3.63) is 0 Å². The maximum atomic E-state index is 5.64. The Kier molecular flexibility index (Phi) is 5.29. The summed E-state index contributed by atoms with van der Waals surface area (Å²) in [7, 11) is 1.03. The molecule has 0 aromatic rings. The lowest BCUT2D eigenvalue weighted by Crippen LogP contribution is -2.36. The van der Waals surface area contributed by atoms with Crippen molar-refractivity contribution in [2.24, 2.45) is 11.1 Å². The van der Waals surface area contributed by atoms with Gasteiger partial charge in [-0.2, -0.15) is 0 Å². The minimum Gasteiger partial charge on any atom is -0.394 e. The number of hydrogen-bond acceptors (Lipinski definition) is 2. The standard InChI is InChI=1S/C10H23NOSi/c1-6-9(5)11-12-10(13,7-2)8(3)4/h8H,6-7H2,1-5,13H3/b11-9+. The second kappa shape index (κ2) is 5.42. The van der Waals surface area contributed by atoms with E-state index in [1.54, 1.807) is 0 Å². The Morgan fingerprint density at radius 1 is 1.46 bits per heavy atom. The monoisotopic (exact) mass is 201 g/mol. The van der Waals surface area contributed by atoms with Gasteiger partial charge in [0.25, 0.3) is 0 Å². The average Bonchev–Trinajstić information content (AvgIpc) is 2.13. The fourth-order valence-electron chi connectivity index (χ4n) is 0.825. The van der Waals surface area contributed by atoms with Gasteiger partial charge in [0.1, 0.15) is 5.22 Å². The molecule has 3 heteroatoms. The van der Waals surface area contributed by atoms with Crippen molar-refractivity contribution in [2.45, 2.75) is 52.7 Å². The highest BCUT2D eigenvalue weighted by atomic mass is 28.1. The summed E-state index contributed by atoms with van der Waals surface area (Å²) in [6.07, 6.45) is 2.02. The summed E-state index contributed by atoms with van der Waals surface area (Å²) < 4.78 is 0. The van der Waals surface area contributed by atoms with Crippen molar-refractivity contribution in [3.63, 3.8) is 0 Å². The first-order valence-electron chi connectivity index (χ1n) is 5.18. The second-order valence-corrected chi connectivity index (χ2v) is 5.79. The van der Waals surface area contributed by atoms with E-state index >= 15 is 0 Å². The van der Waals surface area contributed by atoms with Crippen molar-refractivity contribution < 1.29 is 4.84 Å². The molecular weight excluding hydrogens is 178 g/mol. The second-order valence-electron chi connectivity index (χ2n) is 4.09. The molecule has 0 saturated carbocycles. The number of oxime groups is 1. The Morgan fingerprint density at radius 2 is 2.00 bits per heavy atom. The van der Waals surface area contributed by atoms with Gasteiger partial charge in [0.05, 0.1) is 16.0 Å². The molecule has 0 amide bonds. The highest BCUT2D eigenvalue weighted by molar-refractivity contribution is 6.14. The lowest BCUT2D eigenvalue weighted by atomic mass is 10.0. The van der Waals surface area contributed by atoms with Crippen molar-refractivity contribution in [2.75, 3.05) is 0 Å². The molecule has 0 aromatic carbocycles. The Bertz CT molecular complexity index is 180. The van der Waals surface area contributed by atoms with Crippen LogP contribution in [0, 0.1) is 5.92 Å². The predicted octanol–water partition coefficient (Wildman–Crippen LogP) is 1.92. The van der Waals surface area contributed by atoms with Crippen molar-refractivity contribution in [3.8, 4) is 0 Å². The van der Waals surface area contributed by atoms with Crippen LogP contribution in [0.2, 0.25) is 0 Å². The van der Waals surface area contributed by atoms with Crippen LogP contribution in [-0.4, -0.2) is 21.2 Å². The summed E-state index contributed by atoms with van der Waals surface area (Å²) in [6, 6.07) is 0. The van der Waals surface area contributed by atoms with Crippen LogP contribution in [0.15, 0.2) is 5.16 Å². The summed E-state index contributed by atoms with van der Waals surface area (Å²) in [4.78, 5) is 5.64. The van der Waals surface area contributed by atoms with Crippen LogP contribution in [-0.2, 0) is 4.84 Å². The van der Waals surface area contributed by atoms with Crippen molar-refractivity contribution in [1.29, 1.82) is 0 Å². The first kappa shape index (κ1) is 12.7. The summed E-state index contributed by atoms with van der Waals surface area (Å²) in [6.45, 7) is 10.7. The number of nitrogens with zero attached hydrogens (tertiary/aromatic N) is 1. The van der Waals surface area contributed by atoms with Crippen molar-refractivity contribution in [1.82, 2.24) is 0 Å². The molecule has 0 saturated heterocycles. The smallest absolute Gasteiger partial charge is 0.116 e. The Balaban J connectivity index is 4.29. The molecule has 0 N–H and O–H groups in total. The first-order chi connectivity index (χ1) is 5.96. The normalized spacial score (nSPS) is 17.5. The third-order valence-electron chi connectivity index (χ3n) is 2.85. The highest BCUT2D eigenvalue weighted by Gasteiger charge is 2.28. The molecule has 0 aliphatic heterocycles. The van der Waals surface area contributed by atoms with Gasteiger partial charge in [-0.1, -0.05) is 32.9 Å². The molecule has 0 aliphatic carbocycles. The summed E-state index contributed by atoms with van der Waals surface area (Å²) in [5.41, 5.74) is 1.08. The zero-order chi connectivity index (χ0) is 10.5. The van der Waals surface area contributed by atoms with E-state index in [9.17, 15) is 0 Å². The topological polar surface area (TPSA) is 21.6 Å². The molecule has 0 spiro atoms. The van der Waals surface area contributed by atoms with E-state index in [0.717, 1.165) is 28.8 Å². The van der Waals surface area contributed by atoms with Crippen LogP contribution in [0.5, 0.6) is 0 Å². The van der Waals surface area contributed by atoms with Crippen LogP contribution >= 0.6 is 0 Å². The van der Waals surface area contributed by atoms with E-state index in [1.807, 2.05) is 6.92 Å². The number of hydrogen-bond donors (Lipinski definition) is 0. The molecule has 0 rings (SSSR count). The van der Waals surface area contributed by atoms with Crippen molar-refractivity contribution >= 4 is 16.0 Å². The van der Waals surface area contributed by atoms with Crippen LogP contribution < -0.4 is 0 Å². The average molecular weight is 201 g/mol. The van der Waals surface area contributed by atoms with Gasteiger partial charge in [-0.25, -0.2) is 0 Å². The van der Waals surface area contributed by atoms with Crippen LogP contribution in [0.1, 0.15) is 47.5 Å². The maximum absolute atomic E-state index is 5.64.